The van der Waals surface area contributed by atoms with E-state index in [2.05, 4.69) is 50.1 Å². The molecule has 15 heavy (non-hydrogen) atoms. The fraction of sp³-hybridized carbons (Fsp3) is 0.538. The van der Waals surface area contributed by atoms with Gasteiger partial charge in [-0.2, -0.15) is 0 Å². The molecular formula is C13H22N2. The van der Waals surface area contributed by atoms with Gasteiger partial charge in [0, 0.05) is 19.3 Å². The largest absolute Gasteiger partial charge is 0.374 e. The highest BCUT2D eigenvalue weighted by Crippen LogP contribution is 2.26. The average Bonchev–Trinajstić information content (AvgIpc) is 2.25. The molecule has 0 aliphatic heterocycles. The lowest BCUT2D eigenvalue weighted by Gasteiger charge is -2.23. The summed E-state index contributed by atoms with van der Waals surface area (Å²) in [6.07, 6.45) is 1.04. The summed E-state index contributed by atoms with van der Waals surface area (Å²) in [6, 6.07) is 8.60. The molecule has 1 aromatic carbocycles. The van der Waals surface area contributed by atoms with Crippen LogP contribution in [-0.2, 0) is 0 Å². The van der Waals surface area contributed by atoms with Crippen molar-refractivity contribution in [1.29, 1.82) is 0 Å². The van der Waals surface area contributed by atoms with Crippen molar-refractivity contribution in [3.05, 3.63) is 29.8 Å². The van der Waals surface area contributed by atoms with Crippen LogP contribution in [0, 0.1) is 0 Å². The lowest BCUT2D eigenvalue weighted by molar-refractivity contribution is 0.781. The Morgan fingerprint density at radius 1 is 1.27 bits per heavy atom. The molecule has 0 atom stereocenters. The second-order valence-electron chi connectivity index (χ2n) is 4.28. The van der Waals surface area contributed by atoms with E-state index >= 15 is 0 Å². The van der Waals surface area contributed by atoms with Crippen molar-refractivity contribution in [3.63, 3.8) is 0 Å². The molecule has 0 amide bonds. The average molecular weight is 206 g/mol. The molecule has 1 aromatic rings. The van der Waals surface area contributed by atoms with Gasteiger partial charge in [0.15, 0.2) is 0 Å². The Hall–Kier alpha value is -1.02. The first kappa shape index (κ1) is 12.1. The highest BCUT2D eigenvalue weighted by atomic mass is 15.1. The van der Waals surface area contributed by atoms with Crippen LogP contribution in [0.2, 0.25) is 0 Å². The van der Waals surface area contributed by atoms with E-state index in [1.54, 1.807) is 0 Å². The van der Waals surface area contributed by atoms with E-state index in [1.165, 1.54) is 11.3 Å². The minimum atomic E-state index is 0.571. The maximum Gasteiger partial charge on any atom is 0.0398 e. The SMILES string of the molecule is CC(C)c1ccccc1N(C)CCCN. The van der Waals surface area contributed by atoms with Crippen LogP contribution in [0.3, 0.4) is 0 Å². The van der Waals surface area contributed by atoms with Crippen LogP contribution in [-0.4, -0.2) is 20.1 Å². The Morgan fingerprint density at radius 3 is 2.53 bits per heavy atom. The molecule has 1 rings (SSSR count). The fourth-order valence-electron chi connectivity index (χ4n) is 1.77. The third-order valence-electron chi connectivity index (χ3n) is 2.67. The van der Waals surface area contributed by atoms with Gasteiger partial charge in [0.2, 0.25) is 0 Å². The molecule has 2 nitrogen and oxygen atoms in total. The molecule has 0 saturated carbocycles. The van der Waals surface area contributed by atoms with Crippen LogP contribution >= 0.6 is 0 Å². The number of anilines is 1. The van der Waals surface area contributed by atoms with E-state index in [-0.39, 0.29) is 0 Å². The maximum absolute atomic E-state index is 5.53. The summed E-state index contributed by atoms with van der Waals surface area (Å²) in [5.41, 5.74) is 8.27. The van der Waals surface area contributed by atoms with E-state index < -0.39 is 0 Å². The summed E-state index contributed by atoms with van der Waals surface area (Å²) in [6.45, 7) is 6.25. The third-order valence-corrected chi connectivity index (χ3v) is 2.67. The molecule has 0 aliphatic rings. The van der Waals surface area contributed by atoms with Gasteiger partial charge in [0.25, 0.3) is 0 Å². The quantitative estimate of drug-likeness (QED) is 0.802. The third kappa shape index (κ3) is 3.24. The lowest BCUT2D eigenvalue weighted by Crippen LogP contribution is -2.22. The second-order valence-corrected chi connectivity index (χ2v) is 4.28. The van der Waals surface area contributed by atoms with Crippen molar-refractivity contribution in [3.8, 4) is 0 Å². The number of hydrogen-bond donors (Lipinski definition) is 1. The molecule has 0 bridgehead atoms. The zero-order valence-corrected chi connectivity index (χ0v) is 10.0. The Kier molecular flexibility index (Phi) is 4.63. The topological polar surface area (TPSA) is 29.3 Å². The highest BCUT2D eigenvalue weighted by molar-refractivity contribution is 5.54. The van der Waals surface area contributed by atoms with Gasteiger partial charge in [-0.15, -0.1) is 0 Å². The number of nitrogens with zero attached hydrogens (tertiary/aromatic N) is 1. The molecule has 0 unspecified atom stereocenters. The molecule has 2 heteroatoms. The molecule has 2 N–H and O–H groups in total. The Bertz CT molecular complexity index is 294. The van der Waals surface area contributed by atoms with Crippen LogP contribution < -0.4 is 10.6 Å². The van der Waals surface area contributed by atoms with Crippen LogP contribution in [0.15, 0.2) is 24.3 Å². The summed E-state index contributed by atoms with van der Waals surface area (Å²) in [5, 5.41) is 0. The molecule has 0 spiro atoms. The van der Waals surface area contributed by atoms with Crippen molar-refractivity contribution in [1.82, 2.24) is 0 Å². The molecule has 0 aromatic heterocycles. The summed E-state index contributed by atoms with van der Waals surface area (Å²) >= 11 is 0. The summed E-state index contributed by atoms with van der Waals surface area (Å²) < 4.78 is 0. The number of rotatable bonds is 5. The summed E-state index contributed by atoms with van der Waals surface area (Å²) in [5.74, 6) is 0.571. The lowest BCUT2D eigenvalue weighted by atomic mass is 10.0. The zero-order valence-electron chi connectivity index (χ0n) is 10.0. The molecule has 84 valence electrons. The van der Waals surface area contributed by atoms with E-state index in [4.69, 9.17) is 5.73 Å². The Balaban J connectivity index is 2.82. The summed E-state index contributed by atoms with van der Waals surface area (Å²) in [7, 11) is 2.14. The van der Waals surface area contributed by atoms with Crippen LogP contribution in [0.5, 0.6) is 0 Å². The summed E-state index contributed by atoms with van der Waals surface area (Å²) in [4.78, 5) is 2.29. The fourth-order valence-corrected chi connectivity index (χ4v) is 1.77. The van der Waals surface area contributed by atoms with E-state index in [1.807, 2.05) is 0 Å². The van der Waals surface area contributed by atoms with Crippen molar-refractivity contribution in [2.45, 2.75) is 26.2 Å². The van der Waals surface area contributed by atoms with Gasteiger partial charge in [0.1, 0.15) is 0 Å². The number of benzene rings is 1. The highest BCUT2D eigenvalue weighted by Gasteiger charge is 2.08. The predicted octanol–water partition coefficient (Wildman–Crippen LogP) is 2.59. The van der Waals surface area contributed by atoms with Crippen LogP contribution in [0.25, 0.3) is 0 Å². The predicted molar refractivity (Wildman–Crippen MR) is 67.5 cm³/mol. The number of nitrogens with two attached hydrogens (primary N) is 1. The minimum absolute atomic E-state index is 0.571. The second kappa shape index (κ2) is 5.76. The van der Waals surface area contributed by atoms with Crippen molar-refractivity contribution in [2.24, 2.45) is 5.73 Å². The van der Waals surface area contributed by atoms with Gasteiger partial charge < -0.3 is 10.6 Å². The van der Waals surface area contributed by atoms with Crippen LogP contribution in [0.1, 0.15) is 31.7 Å². The molecule has 0 radical (unpaired) electrons. The first-order valence-corrected chi connectivity index (χ1v) is 5.67. The van der Waals surface area contributed by atoms with Crippen LogP contribution in [0.4, 0.5) is 5.69 Å². The zero-order chi connectivity index (χ0) is 11.3. The van der Waals surface area contributed by atoms with Crippen molar-refractivity contribution < 1.29 is 0 Å². The normalized spacial score (nSPS) is 10.7. The van der Waals surface area contributed by atoms with Gasteiger partial charge >= 0.3 is 0 Å². The molecule has 0 fully saturated rings. The number of hydrogen-bond acceptors (Lipinski definition) is 2. The van der Waals surface area contributed by atoms with Gasteiger partial charge in [-0.3, -0.25) is 0 Å². The van der Waals surface area contributed by atoms with Gasteiger partial charge in [-0.05, 0) is 30.5 Å². The Labute approximate surface area is 93.1 Å². The van der Waals surface area contributed by atoms with E-state index in [0.29, 0.717) is 5.92 Å². The Morgan fingerprint density at radius 2 is 1.93 bits per heavy atom. The van der Waals surface area contributed by atoms with E-state index in [0.717, 1.165) is 19.5 Å². The smallest absolute Gasteiger partial charge is 0.0398 e. The van der Waals surface area contributed by atoms with Crippen molar-refractivity contribution >= 4 is 5.69 Å². The van der Waals surface area contributed by atoms with E-state index in [9.17, 15) is 0 Å². The first-order chi connectivity index (χ1) is 7.16. The molecule has 0 aliphatic carbocycles. The number of para-hydroxylation sites is 1. The van der Waals surface area contributed by atoms with Gasteiger partial charge in [0.05, 0.1) is 0 Å². The molecule has 0 heterocycles. The van der Waals surface area contributed by atoms with Crippen molar-refractivity contribution in [2.75, 3.05) is 25.0 Å². The van der Waals surface area contributed by atoms with Gasteiger partial charge in [-0.1, -0.05) is 32.0 Å². The first-order valence-electron chi connectivity index (χ1n) is 5.67. The minimum Gasteiger partial charge on any atom is -0.374 e. The van der Waals surface area contributed by atoms with Gasteiger partial charge in [-0.25, -0.2) is 0 Å². The molecular weight excluding hydrogens is 184 g/mol. The maximum atomic E-state index is 5.53. The standard InChI is InChI=1S/C13H22N2/c1-11(2)12-7-4-5-8-13(12)15(3)10-6-9-14/h4-5,7-8,11H,6,9-10,14H2,1-3H3. The molecule has 0 saturated heterocycles. The monoisotopic (exact) mass is 206 g/mol.